The molecule has 132 valence electrons. The van der Waals surface area contributed by atoms with Gasteiger partial charge in [-0.05, 0) is 73.6 Å². The van der Waals surface area contributed by atoms with E-state index in [0.717, 1.165) is 30.7 Å². The highest BCUT2D eigenvalue weighted by Crippen LogP contribution is 2.40. The molecule has 5 heteroatoms. The monoisotopic (exact) mass is 342 g/mol. The van der Waals surface area contributed by atoms with Gasteiger partial charge in [-0.3, -0.25) is 0 Å². The number of fused-ring (bicyclic) bond motifs is 1. The van der Waals surface area contributed by atoms with Gasteiger partial charge in [-0.15, -0.1) is 13.2 Å². The number of benzene rings is 1. The molecule has 0 radical (unpaired) electrons. The minimum Gasteiger partial charge on any atom is -0.403 e. The van der Waals surface area contributed by atoms with Gasteiger partial charge in [-0.25, -0.2) is 4.39 Å². The fourth-order valence-electron chi connectivity index (χ4n) is 3.98. The number of rotatable bonds is 3. The Kier molecular flexibility index (Phi) is 4.88. The largest absolute Gasteiger partial charge is 0.573 e. The molecule has 0 heterocycles. The van der Waals surface area contributed by atoms with E-state index in [0.29, 0.717) is 17.9 Å². The lowest BCUT2D eigenvalue weighted by Crippen LogP contribution is -2.19. The normalized spacial score (nSPS) is 24.3. The molecule has 3 rings (SSSR count). The lowest BCUT2D eigenvalue weighted by molar-refractivity contribution is -0.275. The maximum Gasteiger partial charge on any atom is 0.573 e. The summed E-state index contributed by atoms with van der Waals surface area (Å²) in [4.78, 5) is 0. The van der Waals surface area contributed by atoms with Gasteiger partial charge in [0, 0.05) is 0 Å². The summed E-state index contributed by atoms with van der Waals surface area (Å²) in [6.07, 6.45) is 4.61. The third-order valence-corrected chi connectivity index (χ3v) is 5.39. The average Bonchev–Trinajstić information content (AvgIpc) is 2.54. The Hall–Kier alpha value is -1.52. The molecule has 0 amide bonds. The van der Waals surface area contributed by atoms with E-state index in [1.165, 1.54) is 37.0 Å². The summed E-state index contributed by atoms with van der Waals surface area (Å²) in [7, 11) is 0. The summed E-state index contributed by atoms with van der Waals surface area (Å²) in [5.41, 5.74) is 2.74. The van der Waals surface area contributed by atoms with Gasteiger partial charge in [0.2, 0.25) is 0 Å². The number of aryl methyl sites for hydroxylation is 1. The van der Waals surface area contributed by atoms with Gasteiger partial charge in [0.15, 0.2) is 11.6 Å². The first-order valence-electron chi connectivity index (χ1n) is 8.64. The Bertz CT molecular complexity index is 625. The van der Waals surface area contributed by atoms with Crippen LogP contribution in [-0.2, 0) is 6.42 Å². The molecule has 24 heavy (non-hydrogen) atoms. The van der Waals surface area contributed by atoms with Crippen LogP contribution < -0.4 is 4.74 Å². The molecule has 1 saturated carbocycles. The minimum atomic E-state index is -4.87. The number of allylic oxidation sites excluding steroid dienone is 1. The second-order valence-electron chi connectivity index (χ2n) is 6.87. The predicted molar refractivity (Wildman–Crippen MR) is 85.1 cm³/mol. The van der Waals surface area contributed by atoms with Gasteiger partial charge in [0.05, 0.1) is 0 Å². The second-order valence-corrected chi connectivity index (χ2v) is 6.87. The van der Waals surface area contributed by atoms with E-state index in [2.05, 4.69) is 11.7 Å². The summed E-state index contributed by atoms with van der Waals surface area (Å²) >= 11 is 0. The van der Waals surface area contributed by atoms with Crippen molar-refractivity contribution in [2.75, 3.05) is 0 Å². The van der Waals surface area contributed by atoms with Crippen LogP contribution in [0.1, 0.15) is 56.6 Å². The number of ether oxygens (including phenoxy) is 1. The van der Waals surface area contributed by atoms with E-state index in [9.17, 15) is 17.6 Å². The van der Waals surface area contributed by atoms with Crippen molar-refractivity contribution >= 4 is 6.08 Å². The summed E-state index contributed by atoms with van der Waals surface area (Å²) in [5, 5.41) is 0. The molecule has 0 N–H and O–H groups in total. The first-order chi connectivity index (χ1) is 11.4. The van der Waals surface area contributed by atoms with Crippen LogP contribution in [0, 0.1) is 17.7 Å². The molecule has 2 aliphatic carbocycles. The highest BCUT2D eigenvalue weighted by molar-refractivity contribution is 5.61. The van der Waals surface area contributed by atoms with Crippen molar-refractivity contribution in [3.63, 3.8) is 0 Å². The third kappa shape index (κ3) is 3.93. The first-order valence-corrected chi connectivity index (χ1v) is 8.64. The van der Waals surface area contributed by atoms with E-state index in [4.69, 9.17) is 0 Å². The van der Waals surface area contributed by atoms with Crippen LogP contribution in [0.15, 0.2) is 17.7 Å². The molecular weight excluding hydrogens is 320 g/mol. The van der Waals surface area contributed by atoms with Gasteiger partial charge < -0.3 is 4.74 Å². The molecule has 2 aliphatic rings. The number of hydrogen-bond acceptors (Lipinski definition) is 1. The highest BCUT2D eigenvalue weighted by Gasteiger charge is 2.33. The number of halogens is 4. The lowest BCUT2D eigenvalue weighted by Gasteiger charge is -2.31. The lowest BCUT2D eigenvalue weighted by atomic mass is 9.74. The van der Waals surface area contributed by atoms with Crippen molar-refractivity contribution in [2.45, 2.75) is 58.2 Å². The standard InChI is InChI=1S/C19H22F4O/c1-2-12-3-5-13(6-4-12)14-7-8-15-11-18(24-19(21,22)23)17(20)10-16(15)9-14/h9-13H,2-8H2,1H3. The predicted octanol–water partition coefficient (Wildman–Crippen LogP) is 6.27. The number of alkyl halides is 3. The van der Waals surface area contributed by atoms with E-state index in [1.54, 1.807) is 0 Å². The smallest absolute Gasteiger partial charge is 0.403 e. The van der Waals surface area contributed by atoms with Gasteiger partial charge >= 0.3 is 6.36 Å². The molecule has 1 nitrogen and oxygen atoms in total. The fraction of sp³-hybridized carbons (Fsp3) is 0.579. The molecular formula is C19H22F4O. The molecule has 0 atom stereocenters. The van der Waals surface area contributed by atoms with Crippen molar-refractivity contribution in [3.05, 3.63) is 34.6 Å². The van der Waals surface area contributed by atoms with Crippen molar-refractivity contribution in [3.8, 4) is 5.75 Å². The van der Waals surface area contributed by atoms with Crippen LogP contribution in [0.4, 0.5) is 17.6 Å². The molecule has 0 spiro atoms. The van der Waals surface area contributed by atoms with Crippen LogP contribution >= 0.6 is 0 Å². The molecule has 0 saturated heterocycles. The molecule has 0 aliphatic heterocycles. The summed E-state index contributed by atoms with van der Waals surface area (Å²) in [6, 6.07) is 2.37. The topological polar surface area (TPSA) is 9.23 Å². The Morgan fingerprint density at radius 3 is 2.42 bits per heavy atom. The Morgan fingerprint density at radius 2 is 1.79 bits per heavy atom. The van der Waals surface area contributed by atoms with E-state index in [1.807, 2.05) is 6.08 Å². The van der Waals surface area contributed by atoms with Gasteiger partial charge in [0.1, 0.15) is 0 Å². The first kappa shape index (κ1) is 17.3. The Balaban J connectivity index is 1.78. The van der Waals surface area contributed by atoms with E-state index in [-0.39, 0.29) is 0 Å². The molecule has 0 bridgehead atoms. The van der Waals surface area contributed by atoms with Crippen molar-refractivity contribution in [1.82, 2.24) is 0 Å². The minimum absolute atomic E-state index is 0.537. The Morgan fingerprint density at radius 1 is 1.08 bits per heavy atom. The summed E-state index contributed by atoms with van der Waals surface area (Å²) < 4.78 is 54.6. The maximum atomic E-state index is 13.9. The summed E-state index contributed by atoms with van der Waals surface area (Å²) in [5.74, 6) is -0.341. The van der Waals surface area contributed by atoms with Crippen LogP contribution in [-0.4, -0.2) is 6.36 Å². The maximum absolute atomic E-state index is 13.9. The van der Waals surface area contributed by atoms with Crippen molar-refractivity contribution in [2.24, 2.45) is 11.8 Å². The van der Waals surface area contributed by atoms with E-state index >= 15 is 0 Å². The molecule has 1 aromatic carbocycles. The Labute approximate surface area is 139 Å². The van der Waals surface area contributed by atoms with Crippen LogP contribution in [0.2, 0.25) is 0 Å². The third-order valence-electron chi connectivity index (χ3n) is 5.39. The van der Waals surface area contributed by atoms with Crippen molar-refractivity contribution < 1.29 is 22.3 Å². The van der Waals surface area contributed by atoms with Crippen molar-refractivity contribution in [1.29, 1.82) is 0 Å². The number of hydrogen-bond donors (Lipinski definition) is 0. The van der Waals surface area contributed by atoms with Gasteiger partial charge in [0.25, 0.3) is 0 Å². The molecule has 1 aromatic rings. The van der Waals surface area contributed by atoms with E-state index < -0.39 is 17.9 Å². The van der Waals surface area contributed by atoms with Crippen LogP contribution in [0.5, 0.6) is 5.75 Å². The van der Waals surface area contributed by atoms with Gasteiger partial charge in [-0.1, -0.05) is 25.0 Å². The van der Waals surface area contributed by atoms with Crippen LogP contribution in [0.25, 0.3) is 6.08 Å². The molecule has 1 fully saturated rings. The zero-order valence-electron chi connectivity index (χ0n) is 13.8. The quantitative estimate of drug-likeness (QED) is 0.588. The molecule has 0 aromatic heterocycles. The second kappa shape index (κ2) is 6.77. The SMILES string of the molecule is CCC1CCC(C2=Cc3cc(F)c(OC(F)(F)F)cc3CC2)CC1. The molecule has 0 unspecified atom stereocenters. The average molecular weight is 342 g/mol. The fourth-order valence-corrected chi connectivity index (χ4v) is 3.98. The van der Waals surface area contributed by atoms with Gasteiger partial charge in [-0.2, -0.15) is 0 Å². The zero-order chi connectivity index (χ0) is 17.3. The summed E-state index contributed by atoms with van der Waals surface area (Å²) in [6.45, 7) is 2.23. The highest BCUT2D eigenvalue weighted by atomic mass is 19.4. The zero-order valence-corrected chi connectivity index (χ0v) is 13.8. The van der Waals surface area contributed by atoms with Crippen LogP contribution in [0.3, 0.4) is 0 Å².